The summed E-state index contributed by atoms with van der Waals surface area (Å²) in [5.74, 6) is -1.61. The molecule has 7 heteroatoms. The number of hydrogen-bond donors (Lipinski definition) is 3. The first-order valence-corrected chi connectivity index (χ1v) is 6.43. The van der Waals surface area contributed by atoms with E-state index in [-0.39, 0.29) is 12.2 Å². The van der Waals surface area contributed by atoms with Crippen LogP contribution in [0, 0.1) is 6.92 Å². The number of hydrogen-bond acceptors (Lipinski definition) is 4. The molecule has 7 nitrogen and oxygen atoms in total. The summed E-state index contributed by atoms with van der Waals surface area (Å²) in [6, 6.07) is 3.11. The lowest BCUT2D eigenvalue weighted by Gasteiger charge is -2.14. The summed E-state index contributed by atoms with van der Waals surface area (Å²) in [5.41, 5.74) is 1.02. The van der Waals surface area contributed by atoms with Crippen molar-refractivity contribution in [1.82, 2.24) is 5.32 Å². The third-order valence-corrected chi connectivity index (χ3v) is 2.71. The molecule has 0 radical (unpaired) electrons. The van der Waals surface area contributed by atoms with Gasteiger partial charge in [-0.1, -0.05) is 6.07 Å². The van der Waals surface area contributed by atoms with Crippen molar-refractivity contribution in [2.75, 3.05) is 11.9 Å². The molecule has 1 atom stereocenters. The maximum absolute atomic E-state index is 11.7. The van der Waals surface area contributed by atoms with Gasteiger partial charge in [0.25, 0.3) is 0 Å². The molecule has 0 bridgehead atoms. The maximum Gasteiger partial charge on any atom is 0.336 e. The quantitative estimate of drug-likeness (QED) is 0.718. The number of rotatable bonds is 5. The molecule has 1 aromatic carbocycles. The largest absolute Gasteiger partial charge is 0.478 e. The Kier molecular flexibility index (Phi) is 5.71. The van der Waals surface area contributed by atoms with Crippen LogP contribution in [-0.2, 0) is 9.53 Å². The van der Waals surface area contributed by atoms with Gasteiger partial charge in [-0.25, -0.2) is 14.4 Å². The van der Waals surface area contributed by atoms with Crippen LogP contribution in [0.4, 0.5) is 10.5 Å². The zero-order chi connectivity index (χ0) is 16.0. The van der Waals surface area contributed by atoms with E-state index < -0.39 is 24.0 Å². The zero-order valence-electron chi connectivity index (χ0n) is 12.1. The fourth-order valence-corrected chi connectivity index (χ4v) is 1.62. The van der Waals surface area contributed by atoms with Crippen molar-refractivity contribution in [3.8, 4) is 0 Å². The van der Waals surface area contributed by atoms with Crippen LogP contribution in [0.2, 0.25) is 0 Å². The van der Waals surface area contributed by atoms with Crippen LogP contribution < -0.4 is 10.6 Å². The van der Waals surface area contributed by atoms with Crippen LogP contribution >= 0.6 is 0 Å². The van der Waals surface area contributed by atoms with Gasteiger partial charge in [0.15, 0.2) is 0 Å². The van der Waals surface area contributed by atoms with Crippen molar-refractivity contribution in [3.63, 3.8) is 0 Å². The van der Waals surface area contributed by atoms with Gasteiger partial charge >= 0.3 is 18.0 Å². The van der Waals surface area contributed by atoms with E-state index in [4.69, 9.17) is 9.84 Å². The highest BCUT2D eigenvalue weighted by molar-refractivity contribution is 5.95. The van der Waals surface area contributed by atoms with Gasteiger partial charge in [-0.15, -0.1) is 0 Å². The fourth-order valence-electron chi connectivity index (χ4n) is 1.62. The van der Waals surface area contributed by atoms with Crippen LogP contribution in [0.25, 0.3) is 0 Å². The Balaban J connectivity index is 2.69. The second-order valence-corrected chi connectivity index (χ2v) is 4.41. The number of amides is 2. The van der Waals surface area contributed by atoms with Gasteiger partial charge in [-0.05, 0) is 38.5 Å². The Labute approximate surface area is 122 Å². The summed E-state index contributed by atoms with van der Waals surface area (Å²) >= 11 is 0. The average Bonchev–Trinajstić information content (AvgIpc) is 2.40. The predicted octanol–water partition coefficient (Wildman–Crippen LogP) is 1.77. The number of carboxylic acids is 1. The lowest BCUT2D eigenvalue weighted by atomic mass is 10.1. The molecule has 0 aliphatic heterocycles. The highest BCUT2D eigenvalue weighted by Crippen LogP contribution is 2.15. The standard InChI is InChI=1S/C14H18N2O5/c1-4-21-13(19)9(3)15-14(20)16-10-6-5-8(2)11(7-10)12(17)18/h5-7,9H,4H2,1-3H3,(H,17,18)(H2,15,16,20). The van der Waals surface area contributed by atoms with Gasteiger partial charge in [0, 0.05) is 5.69 Å². The second kappa shape index (κ2) is 7.28. The number of urea groups is 1. The summed E-state index contributed by atoms with van der Waals surface area (Å²) < 4.78 is 4.76. The Morgan fingerprint density at radius 1 is 1.33 bits per heavy atom. The summed E-state index contributed by atoms with van der Waals surface area (Å²) in [6.07, 6.45) is 0. The first kappa shape index (κ1) is 16.5. The summed E-state index contributed by atoms with van der Waals surface area (Å²) in [4.78, 5) is 34.1. The Morgan fingerprint density at radius 2 is 2.00 bits per heavy atom. The van der Waals surface area contributed by atoms with Gasteiger partial charge in [0.1, 0.15) is 6.04 Å². The SMILES string of the molecule is CCOC(=O)C(C)NC(=O)Nc1ccc(C)c(C(=O)O)c1. The van der Waals surface area contributed by atoms with E-state index in [1.807, 2.05) is 0 Å². The Hall–Kier alpha value is -2.57. The minimum absolute atomic E-state index is 0.103. The molecule has 0 aliphatic rings. The van der Waals surface area contributed by atoms with E-state index in [2.05, 4.69) is 10.6 Å². The summed E-state index contributed by atoms with van der Waals surface area (Å²) in [7, 11) is 0. The first-order valence-electron chi connectivity index (χ1n) is 6.43. The number of carboxylic acid groups (broad SMARTS) is 1. The van der Waals surface area contributed by atoms with Crippen molar-refractivity contribution in [3.05, 3.63) is 29.3 Å². The number of aromatic carboxylic acids is 1. The van der Waals surface area contributed by atoms with Crippen LogP contribution in [-0.4, -0.2) is 35.7 Å². The molecule has 0 heterocycles. The molecular weight excluding hydrogens is 276 g/mol. The highest BCUT2D eigenvalue weighted by atomic mass is 16.5. The number of carbonyl (C=O) groups is 3. The van der Waals surface area contributed by atoms with Gasteiger partial charge < -0.3 is 20.5 Å². The number of benzene rings is 1. The molecule has 0 aromatic heterocycles. The average molecular weight is 294 g/mol. The fraction of sp³-hybridized carbons (Fsp3) is 0.357. The molecule has 0 spiro atoms. The minimum Gasteiger partial charge on any atom is -0.478 e. The van der Waals surface area contributed by atoms with Gasteiger partial charge in [-0.3, -0.25) is 0 Å². The minimum atomic E-state index is -1.07. The number of ether oxygens (including phenoxy) is 1. The number of esters is 1. The molecule has 3 N–H and O–H groups in total. The molecular formula is C14H18N2O5. The van der Waals surface area contributed by atoms with Gasteiger partial charge in [0.05, 0.1) is 12.2 Å². The maximum atomic E-state index is 11.7. The zero-order valence-corrected chi connectivity index (χ0v) is 12.1. The highest BCUT2D eigenvalue weighted by Gasteiger charge is 2.17. The number of nitrogens with one attached hydrogen (secondary N) is 2. The lowest BCUT2D eigenvalue weighted by molar-refractivity contribution is -0.144. The van der Waals surface area contributed by atoms with E-state index in [1.165, 1.54) is 13.0 Å². The van der Waals surface area contributed by atoms with Crippen molar-refractivity contribution in [1.29, 1.82) is 0 Å². The summed E-state index contributed by atoms with van der Waals surface area (Å²) in [5, 5.41) is 13.9. The Bertz CT molecular complexity index is 556. The van der Waals surface area contributed by atoms with Crippen molar-refractivity contribution < 1.29 is 24.2 Å². The Morgan fingerprint density at radius 3 is 2.57 bits per heavy atom. The molecule has 2 amide bonds. The molecule has 21 heavy (non-hydrogen) atoms. The van der Waals surface area contributed by atoms with Crippen LogP contribution in [0.5, 0.6) is 0 Å². The van der Waals surface area contributed by atoms with E-state index in [0.29, 0.717) is 11.3 Å². The van der Waals surface area contributed by atoms with Gasteiger partial charge in [-0.2, -0.15) is 0 Å². The van der Waals surface area contributed by atoms with E-state index in [1.54, 1.807) is 26.0 Å². The topological polar surface area (TPSA) is 105 Å². The van der Waals surface area contributed by atoms with Crippen molar-refractivity contribution >= 4 is 23.7 Å². The number of carbonyl (C=O) groups excluding carboxylic acids is 2. The second-order valence-electron chi connectivity index (χ2n) is 4.41. The first-order chi connectivity index (χ1) is 9.85. The van der Waals surface area contributed by atoms with E-state index in [0.717, 1.165) is 0 Å². The van der Waals surface area contributed by atoms with E-state index in [9.17, 15) is 14.4 Å². The van der Waals surface area contributed by atoms with Crippen LogP contribution in [0.15, 0.2) is 18.2 Å². The number of anilines is 1. The lowest BCUT2D eigenvalue weighted by Crippen LogP contribution is -2.41. The molecule has 1 rings (SSSR count). The third-order valence-electron chi connectivity index (χ3n) is 2.71. The van der Waals surface area contributed by atoms with Crippen LogP contribution in [0.3, 0.4) is 0 Å². The van der Waals surface area contributed by atoms with Gasteiger partial charge in [0.2, 0.25) is 0 Å². The smallest absolute Gasteiger partial charge is 0.336 e. The molecule has 0 saturated heterocycles. The molecule has 114 valence electrons. The van der Waals surface area contributed by atoms with Crippen molar-refractivity contribution in [2.45, 2.75) is 26.8 Å². The molecule has 0 fully saturated rings. The number of aryl methyl sites for hydroxylation is 1. The third kappa shape index (κ3) is 4.79. The molecule has 1 unspecified atom stereocenters. The molecule has 0 aliphatic carbocycles. The predicted molar refractivity (Wildman–Crippen MR) is 76.4 cm³/mol. The monoisotopic (exact) mass is 294 g/mol. The summed E-state index contributed by atoms with van der Waals surface area (Å²) in [6.45, 7) is 5.06. The van der Waals surface area contributed by atoms with E-state index >= 15 is 0 Å². The van der Waals surface area contributed by atoms with Crippen LogP contribution in [0.1, 0.15) is 29.8 Å². The van der Waals surface area contributed by atoms with Crippen molar-refractivity contribution in [2.24, 2.45) is 0 Å². The normalized spacial score (nSPS) is 11.4. The molecule has 1 aromatic rings. The molecule has 0 saturated carbocycles.